The van der Waals surface area contributed by atoms with Gasteiger partial charge < -0.3 is 5.32 Å². The summed E-state index contributed by atoms with van der Waals surface area (Å²) in [6.45, 7) is 0.358. The molecule has 0 fully saturated rings. The third-order valence-electron chi connectivity index (χ3n) is 2.58. The second-order valence-corrected chi connectivity index (χ2v) is 5.46. The lowest BCUT2D eigenvalue weighted by Crippen LogP contribution is -2.04. The monoisotopic (exact) mass is 388 g/mol. The van der Waals surface area contributed by atoms with Crippen LogP contribution in [0.15, 0.2) is 42.5 Å². The summed E-state index contributed by atoms with van der Waals surface area (Å²) in [5.74, 6) is 0. The molecule has 0 unspecified atom stereocenters. The lowest BCUT2D eigenvalue weighted by atomic mass is 10.1. The number of rotatable bonds is 4. The van der Waals surface area contributed by atoms with Gasteiger partial charge in [-0.3, -0.25) is 10.1 Å². The lowest BCUT2D eigenvalue weighted by Gasteiger charge is -2.09. The van der Waals surface area contributed by atoms with Crippen LogP contribution < -0.4 is 5.32 Å². The van der Waals surface area contributed by atoms with Crippen LogP contribution in [0.25, 0.3) is 0 Å². The Balaban J connectivity index is 2.22. The highest BCUT2D eigenvalue weighted by atomic mass is 127. The average Bonchev–Trinajstić information content (AvgIpc) is 2.37. The molecule has 4 nitrogen and oxygen atoms in total. The summed E-state index contributed by atoms with van der Waals surface area (Å²) in [5, 5.41) is 14.6. The first-order valence-corrected chi connectivity index (χ1v) is 6.95. The van der Waals surface area contributed by atoms with Gasteiger partial charge in [0.25, 0.3) is 5.69 Å². The molecule has 0 amide bonds. The molecule has 98 valence electrons. The van der Waals surface area contributed by atoms with Crippen LogP contribution in [-0.2, 0) is 6.54 Å². The van der Waals surface area contributed by atoms with E-state index in [0.717, 1.165) is 9.26 Å². The van der Waals surface area contributed by atoms with E-state index in [9.17, 15) is 10.1 Å². The van der Waals surface area contributed by atoms with Crippen molar-refractivity contribution in [2.45, 2.75) is 6.54 Å². The molecule has 0 aliphatic heterocycles. The second kappa shape index (κ2) is 6.21. The summed E-state index contributed by atoms with van der Waals surface area (Å²) in [6, 6.07) is 12.3. The summed E-state index contributed by atoms with van der Waals surface area (Å²) < 4.78 is 1.06. The zero-order valence-electron chi connectivity index (χ0n) is 9.77. The fraction of sp³-hybridized carbons (Fsp3) is 0.0769. The molecule has 1 N–H and O–H groups in total. The first-order chi connectivity index (χ1) is 9.08. The summed E-state index contributed by atoms with van der Waals surface area (Å²) in [4.78, 5) is 10.5. The van der Waals surface area contributed by atoms with Crippen molar-refractivity contribution in [1.29, 1.82) is 0 Å². The highest BCUT2D eigenvalue weighted by Gasteiger charge is 2.13. The summed E-state index contributed by atoms with van der Waals surface area (Å²) >= 11 is 8.09. The van der Waals surface area contributed by atoms with Gasteiger partial charge in [0.15, 0.2) is 0 Å². The Morgan fingerprint density at radius 3 is 2.68 bits per heavy atom. The van der Waals surface area contributed by atoms with Gasteiger partial charge in [-0.15, -0.1) is 0 Å². The second-order valence-electron chi connectivity index (χ2n) is 3.86. The van der Waals surface area contributed by atoms with E-state index in [1.54, 1.807) is 6.07 Å². The summed E-state index contributed by atoms with van der Waals surface area (Å²) in [5.41, 5.74) is 1.58. The number of nitro groups is 1. The van der Waals surface area contributed by atoms with Gasteiger partial charge in [0, 0.05) is 26.9 Å². The molecule has 0 heterocycles. The molecule has 0 aromatic heterocycles. The van der Waals surface area contributed by atoms with E-state index >= 15 is 0 Å². The number of benzene rings is 2. The maximum atomic E-state index is 10.9. The first-order valence-electron chi connectivity index (χ1n) is 5.49. The molecule has 2 aromatic rings. The van der Waals surface area contributed by atoms with Crippen LogP contribution in [0.5, 0.6) is 0 Å². The highest BCUT2D eigenvalue weighted by Crippen LogP contribution is 2.24. The van der Waals surface area contributed by atoms with Gasteiger partial charge in [0.05, 0.1) is 10.5 Å². The molecular weight excluding hydrogens is 379 g/mol. The standard InChI is InChI=1S/C13H10ClIN2O2/c14-10-5-6-13(17(18)19)9(7-10)8-16-12-4-2-1-3-11(12)15/h1-7,16H,8H2. The maximum absolute atomic E-state index is 10.9. The van der Waals surface area contributed by atoms with E-state index in [4.69, 9.17) is 11.6 Å². The van der Waals surface area contributed by atoms with E-state index in [1.165, 1.54) is 12.1 Å². The third-order valence-corrected chi connectivity index (χ3v) is 3.76. The normalized spacial score (nSPS) is 10.2. The predicted molar refractivity (Wildman–Crippen MR) is 84.6 cm³/mol. The molecule has 0 bridgehead atoms. The van der Waals surface area contributed by atoms with Crippen LogP contribution in [0.2, 0.25) is 5.02 Å². The van der Waals surface area contributed by atoms with E-state index in [2.05, 4.69) is 27.9 Å². The van der Waals surface area contributed by atoms with Crippen molar-refractivity contribution in [2.24, 2.45) is 0 Å². The quantitative estimate of drug-likeness (QED) is 0.478. The maximum Gasteiger partial charge on any atom is 0.274 e. The van der Waals surface area contributed by atoms with Gasteiger partial charge in [0.2, 0.25) is 0 Å². The van der Waals surface area contributed by atoms with Crippen LogP contribution in [0.4, 0.5) is 11.4 Å². The van der Waals surface area contributed by atoms with E-state index in [-0.39, 0.29) is 5.69 Å². The number of hydrogen-bond donors (Lipinski definition) is 1. The summed E-state index contributed by atoms with van der Waals surface area (Å²) in [6.07, 6.45) is 0. The minimum atomic E-state index is -0.400. The molecular formula is C13H10ClIN2O2. The Morgan fingerprint density at radius 2 is 2.00 bits per heavy atom. The van der Waals surface area contributed by atoms with Gasteiger partial charge in [-0.2, -0.15) is 0 Å². The molecule has 0 spiro atoms. The minimum Gasteiger partial charge on any atom is -0.380 e. The lowest BCUT2D eigenvalue weighted by molar-refractivity contribution is -0.385. The van der Waals surface area contributed by atoms with Gasteiger partial charge >= 0.3 is 0 Å². The molecule has 0 atom stereocenters. The van der Waals surface area contributed by atoms with Crippen LogP contribution in [0, 0.1) is 13.7 Å². The molecule has 2 rings (SSSR count). The Labute approximate surface area is 129 Å². The van der Waals surface area contributed by atoms with Crippen molar-refractivity contribution >= 4 is 45.6 Å². The Morgan fingerprint density at radius 1 is 1.26 bits per heavy atom. The van der Waals surface area contributed by atoms with Crippen molar-refractivity contribution in [1.82, 2.24) is 0 Å². The summed E-state index contributed by atoms with van der Waals surface area (Å²) in [7, 11) is 0. The van der Waals surface area contributed by atoms with Crippen molar-refractivity contribution < 1.29 is 4.92 Å². The van der Waals surface area contributed by atoms with Crippen molar-refractivity contribution in [3.63, 3.8) is 0 Å². The molecule has 0 aliphatic rings. The SMILES string of the molecule is O=[N+]([O-])c1ccc(Cl)cc1CNc1ccccc1I. The number of hydrogen-bond acceptors (Lipinski definition) is 3. The minimum absolute atomic E-state index is 0.0721. The number of anilines is 1. The average molecular weight is 389 g/mol. The Bertz CT molecular complexity index is 619. The molecule has 0 aliphatic carbocycles. The molecule has 0 saturated heterocycles. The largest absolute Gasteiger partial charge is 0.380 e. The zero-order valence-corrected chi connectivity index (χ0v) is 12.7. The van der Waals surface area contributed by atoms with Gasteiger partial charge in [-0.1, -0.05) is 23.7 Å². The number of nitrogens with one attached hydrogen (secondary N) is 1. The topological polar surface area (TPSA) is 55.2 Å². The Kier molecular flexibility index (Phi) is 4.60. The smallest absolute Gasteiger partial charge is 0.274 e. The number of para-hydroxylation sites is 1. The van der Waals surface area contributed by atoms with Crippen molar-refractivity contribution in [2.75, 3.05) is 5.32 Å². The van der Waals surface area contributed by atoms with Crippen LogP contribution in [0.1, 0.15) is 5.56 Å². The van der Waals surface area contributed by atoms with E-state index in [1.807, 2.05) is 24.3 Å². The number of nitro benzene ring substituents is 1. The van der Waals surface area contributed by atoms with Crippen LogP contribution >= 0.6 is 34.2 Å². The fourth-order valence-corrected chi connectivity index (χ4v) is 2.44. The first kappa shape index (κ1) is 14.1. The van der Waals surface area contributed by atoms with Gasteiger partial charge in [0.1, 0.15) is 0 Å². The fourth-order valence-electron chi connectivity index (χ4n) is 1.67. The molecule has 6 heteroatoms. The zero-order chi connectivity index (χ0) is 13.8. The van der Waals surface area contributed by atoms with Crippen molar-refractivity contribution in [3.8, 4) is 0 Å². The third kappa shape index (κ3) is 3.57. The molecule has 2 aromatic carbocycles. The van der Waals surface area contributed by atoms with E-state index < -0.39 is 4.92 Å². The highest BCUT2D eigenvalue weighted by molar-refractivity contribution is 14.1. The predicted octanol–water partition coefficient (Wildman–Crippen LogP) is 4.46. The van der Waals surface area contributed by atoms with Crippen molar-refractivity contribution in [3.05, 3.63) is 66.7 Å². The molecule has 0 radical (unpaired) electrons. The van der Waals surface area contributed by atoms with Crippen LogP contribution in [0.3, 0.4) is 0 Å². The molecule has 19 heavy (non-hydrogen) atoms. The van der Waals surface area contributed by atoms with E-state index in [0.29, 0.717) is 17.1 Å². The van der Waals surface area contributed by atoms with Gasteiger partial charge in [-0.25, -0.2) is 0 Å². The number of nitrogens with zero attached hydrogens (tertiary/aromatic N) is 1. The van der Waals surface area contributed by atoms with Crippen LogP contribution in [-0.4, -0.2) is 4.92 Å². The van der Waals surface area contributed by atoms with Gasteiger partial charge in [-0.05, 0) is 46.9 Å². The molecule has 0 saturated carbocycles. The Hall–Kier alpha value is -1.34. The number of halogens is 2.